The van der Waals surface area contributed by atoms with Crippen molar-refractivity contribution in [1.82, 2.24) is 4.98 Å². The molecule has 0 fully saturated rings. The van der Waals surface area contributed by atoms with Gasteiger partial charge in [0.25, 0.3) is 0 Å². The van der Waals surface area contributed by atoms with Crippen molar-refractivity contribution in [2.24, 2.45) is 0 Å². The van der Waals surface area contributed by atoms with Crippen LogP contribution < -0.4 is 5.32 Å². The third-order valence-corrected chi connectivity index (χ3v) is 2.48. The molecule has 15 heavy (non-hydrogen) atoms. The molecule has 1 aromatic heterocycles. The first-order valence-corrected chi connectivity index (χ1v) is 5.96. The van der Waals surface area contributed by atoms with Crippen molar-refractivity contribution in [3.63, 3.8) is 0 Å². The molecular formula is C10H14BrClN2O. The fourth-order valence-electron chi connectivity index (χ4n) is 1.09. The number of anilines is 1. The van der Waals surface area contributed by atoms with E-state index in [-0.39, 0.29) is 6.04 Å². The van der Waals surface area contributed by atoms with E-state index >= 15 is 0 Å². The lowest BCUT2D eigenvalue weighted by molar-refractivity contribution is 0.141. The van der Waals surface area contributed by atoms with Gasteiger partial charge in [-0.15, -0.1) is 0 Å². The molecule has 1 atom stereocenters. The Kier molecular flexibility index (Phi) is 5.36. The number of pyridine rings is 1. The Labute approximate surface area is 103 Å². The van der Waals surface area contributed by atoms with E-state index in [4.69, 9.17) is 16.3 Å². The summed E-state index contributed by atoms with van der Waals surface area (Å²) in [6.45, 7) is 5.35. The van der Waals surface area contributed by atoms with Gasteiger partial charge in [0, 0.05) is 23.3 Å². The molecule has 0 radical (unpaired) electrons. The van der Waals surface area contributed by atoms with E-state index in [1.807, 2.05) is 19.9 Å². The van der Waals surface area contributed by atoms with Gasteiger partial charge in [0.2, 0.25) is 0 Å². The average Bonchev–Trinajstić information content (AvgIpc) is 2.19. The van der Waals surface area contributed by atoms with Crippen LogP contribution in [0.15, 0.2) is 16.7 Å². The zero-order valence-electron chi connectivity index (χ0n) is 8.76. The Balaban J connectivity index is 2.56. The molecule has 1 unspecified atom stereocenters. The zero-order valence-corrected chi connectivity index (χ0v) is 11.1. The largest absolute Gasteiger partial charge is 0.380 e. The van der Waals surface area contributed by atoms with Gasteiger partial charge in [-0.1, -0.05) is 11.6 Å². The minimum absolute atomic E-state index is 0.191. The van der Waals surface area contributed by atoms with Crippen LogP contribution in [0.25, 0.3) is 0 Å². The first-order chi connectivity index (χ1) is 7.13. The Morgan fingerprint density at radius 1 is 1.67 bits per heavy atom. The minimum atomic E-state index is 0.191. The van der Waals surface area contributed by atoms with E-state index in [1.165, 1.54) is 0 Å². The Morgan fingerprint density at radius 2 is 2.40 bits per heavy atom. The minimum Gasteiger partial charge on any atom is -0.380 e. The molecule has 1 heterocycles. The molecule has 0 aromatic carbocycles. The summed E-state index contributed by atoms with van der Waals surface area (Å²) in [6.07, 6.45) is 1.71. The maximum atomic E-state index is 6.01. The molecule has 0 saturated carbocycles. The van der Waals surface area contributed by atoms with Crippen molar-refractivity contribution in [2.75, 3.05) is 18.5 Å². The highest BCUT2D eigenvalue weighted by Crippen LogP contribution is 2.23. The Bertz CT molecular complexity index is 322. The summed E-state index contributed by atoms with van der Waals surface area (Å²) < 4.78 is 6.16. The fraction of sp³-hybridized carbons (Fsp3) is 0.500. The van der Waals surface area contributed by atoms with E-state index < -0.39 is 0 Å². The summed E-state index contributed by atoms with van der Waals surface area (Å²) in [7, 11) is 0. The van der Waals surface area contributed by atoms with Crippen LogP contribution in [0.2, 0.25) is 5.02 Å². The van der Waals surface area contributed by atoms with Gasteiger partial charge in [-0.2, -0.15) is 0 Å². The van der Waals surface area contributed by atoms with Gasteiger partial charge in [0.1, 0.15) is 5.82 Å². The molecule has 1 N–H and O–H groups in total. The summed E-state index contributed by atoms with van der Waals surface area (Å²) in [6, 6.07) is 2.00. The molecule has 84 valence electrons. The topological polar surface area (TPSA) is 34.1 Å². The normalized spacial score (nSPS) is 12.5. The van der Waals surface area contributed by atoms with Crippen LogP contribution in [-0.2, 0) is 4.74 Å². The second-order valence-corrected chi connectivity index (χ2v) is 4.51. The van der Waals surface area contributed by atoms with E-state index in [0.717, 1.165) is 4.47 Å². The summed E-state index contributed by atoms with van der Waals surface area (Å²) in [5.41, 5.74) is 0. The molecule has 0 spiro atoms. The second-order valence-electron chi connectivity index (χ2n) is 3.19. The van der Waals surface area contributed by atoms with E-state index in [1.54, 1.807) is 6.20 Å². The molecule has 0 aliphatic rings. The molecule has 5 heteroatoms. The highest BCUT2D eigenvalue weighted by Gasteiger charge is 2.06. The predicted octanol–water partition coefficient (Wildman–Crippen LogP) is 3.33. The van der Waals surface area contributed by atoms with Gasteiger partial charge in [0.15, 0.2) is 0 Å². The molecule has 0 aliphatic heterocycles. The molecule has 0 saturated heterocycles. The highest BCUT2D eigenvalue weighted by molar-refractivity contribution is 9.10. The molecule has 3 nitrogen and oxygen atoms in total. The fourth-order valence-corrected chi connectivity index (χ4v) is 1.77. The number of aromatic nitrogens is 1. The van der Waals surface area contributed by atoms with Gasteiger partial charge in [-0.05, 0) is 35.8 Å². The second kappa shape index (κ2) is 6.30. The first-order valence-electron chi connectivity index (χ1n) is 4.78. The first kappa shape index (κ1) is 12.7. The van der Waals surface area contributed by atoms with Crippen molar-refractivity contribution in [3.8, 4) is 0 Å². The lowest BCUT2D eigenvalue weighted by atomic mass is 10.3. The third-order valence-electron chi connectivity index (χ3n) is 1.76. The third kappa shape index (κ3) is 4.36. The molecule has 0 bridgehead atoms. The van der Waals surface area contributed by atoms with Gasteiger partial charge >= 0.3 is 0 Å². The standard InChI is InChI=1S/C10H14BrClN2O/c1-3-15-6-7(2)14-10-9(12)4-8(11)5-13-10/h4-5,7H,3,6H2,1-2H3,(H,13,14). The Morgan fingerprint density at radius 3 is 3.00 bits per heavy atom. The summed E-state index contributed by atoms with van der Waals surface area (Å²) in [4.78, 5) is 4.18. The Hall–Kier alpha value is -0.320. The van der Waals surface area contributed by atoms with Crippen LogP contribution >= 0.6 is 27.5 Å². The summed E-state index contributed by atoms with van der Waals surface area (Å²) in [5, 5.41) is 3.79. The molecule has 0 amide bonds. The number of rotatable bonds is 5. The van der Waals surface area contributed by atoms with Crippen LogP contribution in [0.1, 0.15) is 13.8 Å². The molecule has 0 aliphatic carbocycles. The van der Waals surface area contributed by atoms with Crippen LogP contribution in [-0.4, -0.2) is 24.2 Å². The van der Waals surface area contributed by atoms with E-state index in [0.29, 0.717) is 24.1 Å². The summed E-state index contributed by atoms with van der Waals surface area (Å²) in [5.74, 6) is 0.687. The maximum absolute atomic E-state index is 6.01. The number of hydrogen-bond donors (Lipinski definition) is 1. The number of nitrogens with one attached hydrogen (secondary N) is 1. The van der Waals surface area contributed by atoms with Crippen LogP contribution in [0, 0.1) is 0 Å². The number of hydrogen-bond acceptors (Lipinski definition) is 3. The lowest BCUT2D eigenvalue weighted by Crippen LogP contribution is -2.22. The predicted molar refractivity (Wildman–Crippen MR) is 66.5 cm³/mol. The number of ether oxygens (including phenoxy) is 1. The van der Waals surface area contributed by atoms with Crippen molar-refractivity contribution < 1.29 is 4.74 Å². The van der Waals surface area contributed by atoms with Crippen LogP contribution in [0.4, 0.5) is 5.82 Å². The SMILES string of the molecule is CCOCC(C)Nc1ncc(Br)cc1Cl. The van der Waals surface area contributed by atoms with Gasteiger partial charge < -0.3 is 10.1 Å². The quantitative estimate of drug-likeness (QED) is 0.904. The highest BCUT2D eigenvalue weighted by atomic mass is 79.9. The molecule has 1 rings (SSSR count). The lowest BCUT2D eigenvalue weighted by Gasteiger charge is -2.15. The zero-order chi connectivity index (χ0) is 11.3. The molecular weight excluding hydrogens is 279 g/mol. The monoisotopic (exact) mass is 292 g/mol. The van der Waals surface area contributed by atoms with E-state index in [9.17, 15) is 0 Å². The van der Waals surface area contributed by atoms with Gasteiger partial charge in [0.05, 0.1) is 11.6 Å². The van der Waals surface area contributed by atoms with E-state index in [2.05, 4.69) is 26.2 Å². The smallest absolute Gasteiger partial charge is 0.145 e. The molecule has 1 aromatic rings. The van der Waals surface area contributed by atoms with Gasteiger partial charge in [-0.25, -0.2) is 4.98 Å². The van der Waals surface area contributed by atoms with Crippen molar-refractivity contribution in [2.45, 2.75) is 19.9 Å². The number of halogens is 2. The van der Waals surface area contributed by atoms with Crippen LogP contribution in [0.3, 0.4) is 0 Å². The van der Waals surface area contributed by atoms with Crippen molar-refractivity contribution in [3.05, 3.63) is 21.8 Å². The summed E-state index contributed by atoms with van der Waals surface area (Å²) >= 11 is 9.32. The number of nitrogens with zero attached hydrogens (tertiary/aromatic N) is 1. The van der Waals surface area contributed by atoms with Gasteiger partial charge in [-0.3, -0.25) is 0 Å². The van der Waals surface area contributed by atoms with Crippen molar-refractivity contribution >= 4 is 33.3 Å². The average molecular weight is 294 g/mol. The van der Waals surface area contributed by atoms with Crippen molar-refractivity contribution in [1.29, 1.82) is 0 Å². The van der Waals surface area contributed by atoms with Crippen LogP contribution in [0.5, 0.6) is 0 Å². The maximum Gasteiger partial charge on any atom is 0.145 e.